The summed E-state index contributed by atoms with van der Waals surface area (Å²) in [5, 5.41) is 20.6. The topological polar surface area (TPSA) is 113 Å². The van der Waals surface area contributed by atoms with Crippen molar-refractivity contribution in [2.24, 2.45) is 5.73 Å². The first kappa shape index (κ1) is 14.9. The van der Waals surface area contributed by atoms with Gasteiger partial charge in [-0.15, -0.1) is 0 Å². The van der Waals surface area contributed by atoms with E-state index in [1.807, 2.05) is 6.92 Å². The zero-order valence-electron chi connectivity index (χ0n) is 9.69. The molecule has 0 radical (unpaired) electrons. The number of hydrogen-bond acceptors (Lipinski definition) is 4. The lowest BCUT2D eigenvalue weighted by atomic mass is 10.0. The molecule has 0 rings (SSSR count). The van der Waals surface area contributed by atoms with Crippen LogP contribution in [-0.2, 0) is 9.59 Å². The van der Waals surface area contributed by atoms with Crippen LogP contribution in [0.15, 0.2) is 0 Å². The van der Waals surface area contributed by atoms with Gasteiger partial charge in [-0.05, 0) is 13.3 Å². The molecule has 2 atom stereocenters. The molecule has 1 amide bonds. The molecule has 0 bridgehead atoms. The van der Waals surface area contributed by atoms with Gasteiger partial charge < -0.3 is 21.3 Å². The van der Waals surface area contributed by atoms with Gasteiger partial charge in [0, 0.05) is 6.54 Å². The second-order valence-electron chi connectivity index (χ2n) is 4.18. The number of nitrogens with two attached hydrogens (primary N) is 1. The lowest BCUT2D eigenvalue weighted by molar-refractivity contribution is -0.142. The summed E-state index contributed by atoms with van der Waals surface area (Å²) in [4.78, 5) is 21.8. The van der Waals surface area contributed by atoms with E-state index in [0.717, 1.165) is 6.42 Å². The highest BCUT2D eigenvalue weighted by Gasteiger charge is 2.25. The molecule has 0 saturated carbocycles. The molecular formula is C10H20N2O4. The molecule has 0 aliphatic carbocycles. The third kappa shape index (κ3) is 6.36. The molecule has 0 spiro atoms. The number of carboxylic acid groups (broad SMARTS) is 1. The van der Waals surface area contributed by atoms with E-state index in [1.54, 1.807) is 0 Å². The van der Waals surface area contributed by atoms with E-state index in [2.05, 4.69) is 5.32 Å². The highest BCUT2D eigenvalue weighted by atomic mass is 16.4. The molecule has 16 heavy (non-hydrogen) atoms. The fourth-order valence-electron chi connectivity index (χ4n) is 1.24. The van der Waals surface area contributed by atoms with Crippen LogP contribution in [0.25, 0.3) is 0 Å². The zero-order valence-corrected chi connectivity index (χ0v) is 9.69. The van der Waals surface area contributed by atoms with Gasteiger partial charge in [0.2, 0.25) is 5.91 Å². The third-order valence-corrected chi connectivity index (χ3v) is 2.11. The van der Waals surface area contributed by atoms with Crippen molar-refractivity contribution in [2.45, 2.75) is 44.8 Å². The number of aliphatic hydroxyl groups is 1. The number of aliphatic carboxylic acids is 1. The Morgan fingerprint density at radius 3 is 2.50 bits per heavy atom. The Bertz CT molecular complexity index is 253. The first-order valence-corrected chi connectivity index (χ1v) is 5.26. The summed E-state index contributed by atoms with van der Waals surface area (Å²) in [7, 11) is 0. The molecule has 5 N–H and O–H groups in total. The molecule has 6 heteroatoms. The first-order valence-electron chi connectivity index (χ1n) is 5.26. The average Bonchev–Trinajstić information content (AvgIpc) is 2.12. The van der Waals surface area contributed by atoms with Crippen LogP contribution in [-0.4, -0.2) is 40.3 Å². The van der Waals surface area contributed by atoms with Crippen molar-refractivity contribution in [1.29, 1.82) is 0 Å². The van der Waals surface area contributed by atoms with Gasteiger partial charge in [0.15, 0.2) is 0 Å². The SMILES string of the molecule is CCC[C@@H](N)C(=O)NCC(C)(O)CC(=O)O. The van der Waals surface area contributed by atoms with Crippen molar-refractivity contribution < 1.29 is 19.8 Å². The van der Waals surface area contributed by atoms with Crippen LogP contribution < -0.4 is 11.1 Å². The van der Waals surface area contributed by atoms with Gasteiger partial charge in [0.25, 0.3) is 0 Å². The van der Waals surface area contributed by atoms with E-state index in [1.165, 1.54) is 6.92 Å². The molecule has 94 valence electrons. The fraction of sp³-hybridized carbons (Fsp3) is 0.800. The van der Waals surface area contributed by atoms with E-state index >= 15 is 0 Å². The van der Waals surface area contributed by atoms with E-state index in [-0.39, 0.29) is 12.5 Å². The lowest BCUT2D eigenvalue weighted by Crippen LogP contribution is -2.47. The molecule has 0 heterocycles. The highest BCUT2D eigenvalue weighted by Crippen LogP contribution is 2.07. The van der Waals surface area contributed by atoms with Crippen molar-refractivity contribution in [3.63, 3.8) is 0 Å². The maximum Gasteiger partial charge on any atom is 0.306 e. The number of nitrogens with one attached hydrogen (secondary N) is 1. The van der Waals surface area contributed by atoms with Crippen LogP contribution >= 0.6 is 0 Å². The fourth-order valence-corrected chi connectivity index (χ4v) is 1.24. The summed E-state index contributed by atoms with van der Waals surface area (Å²) in [6, 6.07) is -0.606. The zero-order chi connectivity index (χ0) is 12.8. The third-order valence-electron chi connectivity index (χ3n) is 2.11. The quantitative estimate of drug-likeness (QED) is 0.470. The van der Waals surface area contributed by atoms with Crippen molar-refractivity contribution in [3.05, 3.63) is 0 Å². The van der Waals surface area contributed by atoms with Crippen LogP contribution in [0, 0.1) is 0 Å². The maximum atomic E-state index is 11.4. The van der Waals surface area contributed by atoms with E-state index < -0.39 is 24.0 Å². The Morgan fingerprint density at radius 2 is 2.06 bits per heavy atom. The van der Waals surface area contributed by atoms with Gasteiger partial charge in [0.1, 0.15) is 0 Å². The minimum atomic E-state index is -1.45. The summed E-state index contributed by atoms with van der Waals surface area (Å²) in [5.41, 5.74) is 4.10. The van der Waals surface area contributed by atoms with E-state index in [0.29, 0.717) is 6.42 Å². The number of carbonyl (C=O) groups excluding carboxylic acids is 1. The molecule has 0 aliphatic rings. The Morgan fingerprint density at radius 1 is 1.50 bits per heavy atom. The normalized spacial score (nSPS) is 16.2. The Balaban J connectivity index is 4.03. The van der Waals surface area contributed by atoms with Gasteiger partial charge in [0.05, 0.1) is 18.1 Å². The van der Waals surface area contributed by atoms with Gasteiger partial charge in [-0.25, -0.2) is 0 Å². The highest BCUT2D eigenvalue weighted by molar-refractivity contribution is 5.81. The Kier molecular flexibility index (Phi) is 5.98. The van der Waals surface area contributed by atoms with Gasteiger partial charge in [-0.2, -0.15) is 0 Å². The summed E-state index contributed by atoms with van der Waals surface area (Å²) in [6.07, 6.45) is 0.934. The average molecular weight is 232 g/mol. The Labute approximate surface area is 94.8 Å². The lowest BCUT2D eigenvalue weighted by Gasteiger charge is -2.22. The van der Waals surface area contributed by atoms with E-state index in [4.69, 9.17) is 10.8 Å². The number of carboxylic acids is 1. The van der Waals surface area contributed by atoms with Gasteiger partial charge >= 0.3 is 5.97 Å². The summed E-state index contributed by atoms with van der Waals surface area (Å²) < 4.78 is 0. The predicted molar refractivity (Wildman–Crippen MR) is 58.8 cm³/mol. The monoisotopic (exact) mass is 232 g/mol. The number of carbonyl (C=O) groups is 2. The molecule has 0 aliphatic heterocycles. The molecule has 0 aromatic carbocycles. The molecule has 6 nitrogen and oxygen atoms in total. The van der Waals surface area contributed by atoms with Gasteiger partial charge in [-0.1, -0.05) is 13.3 Å². The van der Waals surface area contributed by atoms with Crippen molar-refractivity contribution in [3.8, 4) is 0 Å². The first-order chi connectivity index (χ1) is 7.28. The maximum absolute atomic E-state index is 11.4. The largest absolute Gasteiger partial charge is 0.481 e. The predicted octanol–water partition coefficient (Wildman–Crippen LogP) is -0.544. The van der Waals surface area contributed by atoms with Crippen LogP contribution in [0.1, 0.15) is 33.1 Å². The van der Waals surface area contributed by atoms with Crippen LogP contribution in [0.2, 0.25) is 0 Å². The van der Waals surface area contributed by atoms with Crippen molar-refractivity contribution >= 4 is 11.9 Å². The van der Waals surface area contributed by atoms with Crippen molar-refractivity contribution in [2.75, 3.05) is 6.54 Å². The number of hydrogen-bond donors (Lipinski definition) is 4. The van der Waals surface area contributed by atoms with Crippen LogP contribution in [0.4, 0.5) is 0 Å². The molecule has 0 fully saturated rings. The Hall–Kier alpha value is -1.14. The van der Waals surface area contributed by atoms with Gasteiger partial charge in [-0.3, -0.25) is 9.59 Å². The van der Waals surface area contributed by atoms with Crippen molar-refractivity contribution in [1.82, 2.24) is 5.32 Å². The number of rotatable bonds is 7. The minimum absolute atomic E-state index is 0.116. The standard InChI is InChI=1S/C10H20N2O4/c1-3-4-7(11)9(15)12-6-10(2,16)5-8(13)14/h7,16H,3-6,11H2,1-2H3,(H,12,15)(H,13,14)/t7-,10?/m1/s1. The van der Waals surface area contributed by atoms with Crippen LogP contribution in [0.5, 0.6) is 0 Å². The summed E-state index contributed by atoms with van der Waals surface area (Å²) >= 11 is 0. The second-order valence-corrected chi connectivity index (χ2v) is 4.18. The van der Waals surface area contributed by atoms with Crippen LogP contribution in [0.3, 0.4) is 0 Å². The summed E-state index contributed by atoms with van der Waals surface area (Å²) in [6.45, 7) is 3.15. The van der Waals surface area contributed by atoms with E-state index in [9.17, 15) is 14.7 Å². The summed E-state index contributed by atoms with van der Waals surface area (Å²) in [5.74, 6) is -1.48. The minimum Gasteiger partial charge on any atom is -0.481 e. The molecule has 0 aromatic heterocycles. The molecule has 1 unspecified atom stereocenters. The molecular weight excluding hydrogens is 212 g/mol. The second kappa shape index (κ2) is 6.44. The smallest absolute Gasteiger partial charge is 0.306 e. The molecule has 0 aromatic rings. The number of amides is 1. The molecule has 0 saturated heterocycles.